The van der Waals surface area contributed by atoms with Crippen molar-refractivity contribution in [2.75, 3.05) is 5.32 Å². The molecule has 1 aliphatic carbocycles. The Kier molecular flexibility index (Phi) is 3.79. The van der Waals surface area contributed by atoms with Gasteiger partial charge in [-0.05, 0) is 42.5 Å². The third-order valence-electron chi connectivity index (χ3n) is 4.40. The molecule has 2 amide bonds. The Balaban J connectivity index is 1.60. The molecular weight excluding hydrogens is 370 g/mol. The number of carbonyl (C=O) groups is 2. The number of nitrogens with zero attached hydrogens (tertiary/aromatic N) is 3. The lowest BCUT2D eigenvalue weighted by Gasteiger charge is -2.13. The second-order valence-corrected chi connectivity index (χ2v) is 8.53. The van der Waals surface area contributed by atoms with Crippen LogP contribution in [-0.4, -0.2) is 31.8 Å². The summed E-state index contributed by atoms with van der Waals surface area (Å²) in [5.41, 5.74) is 2.42. The fourth-order valence-corrected chi connectivity index (χ4v) is 4.51. The molecule has 7 nitrogen and oxygen atoms in total. The number of thioether (sulfide) groups is 2. The minimum absolute atomic E-state index is 0.292. The molecule has 2 fully saturated rings. The molecule has 1 saturated carbocycles. The van der Waals surface area contributed by atoms with E-state index < -0.39 is 0 Å². The van der Waals surface area contributed by atoms with Crippen molar-refractivity contribution in [3.63, 3.8) is 0 Å². The molecule has 1 saturated heterocycles. The van der Waals surface area contributed by atoms with Gasteiger partial charge in [0.15, 0.2) is 5.65 Å². The maximum Gasteiger partial charge on any atom is 0.290 e. The van der Waals surface area contributed by atoms with E-state index >= 15 is 0 Å². The van der Waals surface area contributed by atoms with Gasteiger partial charge in [0.2, 0.25) is 0 Å². The van der Waals surface area contributed by atoms with Crippen molar-refractivity contribution in [2.24, 2.45) is 0 Å². The van der Waals surface area contributed by atoms with Gasteiger partial charge < -0.3 is 5.32 Å². The fraction of sp³-hybridized carbons (Fsp3) is 0.294. The molecule has 2 aromatic rings. The van der Waals surface area contributed by atoms with Gasteiger partial charge in [-0.2, -0.15) is 9.61 Å². The number of amides is 2. The summed E-state index contributed by atoms with van der Waals surface area (Å²) in [7, 11) is 0. The molecule has 0 aromatic carbocycles. The summed E-state index contributed by atoms with van der Waals surface area (Å²) >= 11 is 2.66. The molecule has 2 aromatic heterocycles. The molecule has 26 heavy (non-hydrogen) atoms. The van der Waals surface area contributed by atoms with Crippen LogP contribution >= 0.6 is 23.5 Å². The molecular formula is C17H15N5O2S2. The highest BCUT2D eigenvalue weighted by Crippen LogP contribution is 2.39. The third-order valence-corrected chi connectivity index (χ3v) is 6.32. The van der Waals surface area contributed by atoms with Gasteiger partial charge in [0, 0.05) is 17.7 Å². The smallest absolute Gasteiger partial charge is 0.290 e. The van der Waals surface area contributed by atoms with Crippen LogP contribution in [0.25, 0.3) is 11.7 Å². The topological polar surface area (TPSA) is 88.4 Å². The summed E-state index contributed by atoms with van der Waals surface area (Å²) in [6.07, 6.45) is 8.80. The number of hydrogen-bond acceptors (Lipinski definition) is 7. The molecule has 2 N–H and O–H groups in total. The Hall–Kier alpha value is -2.26. The molecule has 3 aliphatic rings. The predicted octanol–water partition coefficient (Wildman–Crippen LogP) is 3.32. The third kappa shape index (κ3) is 2.90. The number of carbonyl (C=O) groups excluding carboxylic acids is 2. The molecule has 0 bridgehead atoms. The second kappa shape index (κ2) is 6.17. The quantitative estimate of drug-likeness (QED) is 0.781. The van der Waals surface area contributed by atoms with Gasteiger partial charge in [-0.1, -0.05) is 6.08 Å². The van der Waals surface area contributed by atoms with Crippen LogP contribution < -0.4 is 10.6 Å². The number of hydrogen-bond donors (Lipinski definition) is 2. The van der Waals surface area contributed by atoms with Crippen LogP contribution in [0.15, 0.2) is 28.7 Å². The van der Waals surface area contributed by atoms with Crippen molar-refractivity contribution in [3.8, 4) is 0 Å². The number of allylic oxidation sites excluding steroid dienone is 1. The van der Waals surface area contributed by atoms with Gasteiger partial charge >= 0.3 is 0 Å². The Labute approximate surface area is 157 Å². The molecule has 0 spiro atoms. The van der Waals surface area contributed by atoms with E-state index in [4.69, 9.17) is 4.98 Å². The average Bonchev–Trinajstić information content (AvgIpc) is 3.01. The monoisotopic (exact) mass is 385 g/mol. The minimum atomic E-state index is -0.373. The molecule has 9 heteroatoms. The van der Waals surface area contributed by atoms with Crippen molar-refractivity contribution in [2.45, 2.75) is 30.6 Å². The summed E-state index contributed by atoms with van der Waals surface area (Å²) < 4.78 is 1.78. The van der Waals surface area contributed by atoms with E-state index in [2.05, 4.69) is 33.3 Å². The molecule has 0 radical (unpaired) electrons. The lowest BCUT2D eigenvalue weighted by Crippen LogP contribution is -2.17. The van der Waals surface area contributed by atoms with Crippen LogP contribution in [-0.2, 0) is 4.79 Å². The van der Waals surface area contributed by atoms with Gasteiger partial charge in [-0.3, -0.25) is 14.9 Å². The van der Waals surface area contributed by atoms with Crippen molar-refractivity contribution in [1.82, 2.24) is 19.9 Å². The fourth-order valence-electron chi connectivity index (χ4n) is 2.94. The lowest BCUT2D eigenvalue weighted by molar-refractivity contribution is -0.115. The average molecular weight is 385 g/mol. The highest BCUT2D eigenvalue weighted by molar-refractivity contribution is 8.18. The zero-order valence-electron chi connectivity index (χ0n) is 13.6. The normalized spacial score (nSPS) is 24.0. The summed E-state index contributed by atoms with van der Waals surface area (Å²) in [5.74, 6) is 0.548. The maximum absolute atomic E-state index is 11.9. The van der Waals surface area contributed by atoms with E-state index in [0.29, 0.717) is 21.8 Å². The standard InChI is InChI=1S/C17H15N5O2S2/c23-16-13(26-17(24)21-16)6-9-8-18-22-14(19-10-3-4-10)7-11(20-15(9)22)12-2-1-5-25-12/h1,5-8,10,12,19H,2-4H2,(H,21,23,24)/b13-6-. The molecule has 132 valence electrons. The molecule has 2 aliphatic heterocycles. The zero-order chi connectivity index (χ0) is 17.7. The number of anilines is 1. The number of nitrogens with one attached hydrogen (secondary N) is 2. The van der Waals surface area contributed by atoms with Crippen molar-refractivity contribution in [1.29, 1.82) is 0 Å². The van der Waals surface area contributed by atoms with E-state index in [0.717, 1.165) is 48.1 Å². The van der Waals surface area contributed by atoms with Gasteiger partial charge in [0.25, 0.3) is 11.1 Å². The zero-order valence-corrected chi connectivity index (χ0v) is 15.3. The number of rotatable bonds is 4. The van der Waals surface area contributed by atoms with Gasteiger partial charge in [-0.25, -0.2) is 4.98 Å². The van der Waals surface area contributed by atoms with E-state index in [1.807, 2.05) is 0 Å². The largest absolute Gasteiger partial charge is 0.367 e. The minimum Gasteiger partial charge on any atom is -0.367 e. The summed E-state index contributed by atoms with van der Waals surface area (Å²) in [4.78, 5) is 28.4. The van der Waals surface area contributed by atoms with Gasteiger partial charge in [0.1, 0.15) is 5.82 Å². The van der Waals surface area contributed by atoms with E-state index in [-0.39, 0.29) is 11.1 Å². The summed E-state index contributed by atoms with van der Waals surface area (Å²) in [6.45, 7) is 0. The van der Waals surface area contributed by atoms with Crippen molar-refractivity contribution >= 4 is 52.2 Å². The number of aromatic nitrogens is 3. The van der Waals surface area contributed by atoms with Crippen molar-refractivity contribution in [3.05, 3.63) is 39.9 Å². The Morgan fingerprint density at radius 1 is 1.35 bits per heavy atom. The Bertz CT molecular complexity index is 984. The molecule has 1 unspecified atom stereocenters. The summed E-state index contributed by atoms with van der Waals surface area (Å²) in [5, 5.41) is 12.3. The lowest BCUT2D eigenvalue weighted by atomic mass is 10.2. The first kappa shape index (κ1) is 16.0. The second-order valence-electron chi connectivity index (χ2n) is 6.40. The van der Waals surface area contributed by atoms with Crippen LogP contribution in [0.4, 0.5) is 10.6 Å². The first-order chi connectivity index (χ1) is 12.7. The van der Waals surface area contributed by atoms with E-state index in [1.54, 1.807) is 28.6 Å². The molecule has 1 atom stereocenters. The van der Waals surface area contributed by atoms with Crippen LogP contribution in [0.2, 0.25) is 0 Å². The molecule has 4 heterocycles. The van der Waals surface area contributed by atoms with Gasteiger partial charge in [0.05, 0.1) is 22.0 Å². The van der Waals surface area contributed by atoms with E-state index in [1.165, 1.54) is 0 Å². The van der Waals surface area contributed by atoms with Crippen LogP contribution in [0.5, 0.6) is 0 Å². The van der Waals surface area contributed by atoms with Crippen LogP contribution in [0, 0.1) is 0 Å². The first-order valence-electron chi connectivity index (χ1n) is 8.38. The first-order valence-corrected chi connectivity index (χ1v) is 10.1. The SMILES string of the molecule is O=C1NC(=O)/C(=C/c2cnn3c(NC4CC4)cc(C4CC=CS4)nc23)S1. The van der Waals surface area contributed by atoms with Gasteiger partial charge in [-0.15, -0.1) is 11.8 Å². The Morgan fingerprint density at radius 3 is 2.92 bits per heavy atom. The predicted molar refractivity (Wildman–Crippen MR) is 103 cm³/mol. The number of imide groups is 1. The maximum atomic E-state index is 11.9. The van der Waals surface area contributed by atoms with E-state index in [9.17, 15) is 9.59 Å². The summed E-state index contributed by atoms with van der Waals surface area (Å²) in [6, 6.07) is 2.56. The van der Waals surface area contributed by atoms with Crippen LogP contribution in [0.1, 0.15) is 35.8 Å². The highest BCUT2D eigenvalue weighted by Gasteiger charge is 2.27. The number of fused-ring (bicyclic) bond motifs is 1. The highest BCUT2D eigenvalue weighted by atomic mass is 32.2. The van der Waals surface area contributed by atoms with Crippen LogP contribution in [0.3, 0.4) is 0 Å². The Morgan fingerprint density at radius 2 is 2.23 bits per heavy atom. The van der Waals surface area contributed by atoms with Crippen molar-refractivity contribution < 1.29 is 9.59 Å². The molecule has 5 rings (SSSR count).